The zero-order valence-corrected chi connectivity index (χ0v) is 29.0. The van der Waals surface area contributed by atoms with Gasteiger partial charge < -0.3 is 24.8 Å². The molecule has 4 atom stereocenters. The quantitative estimate of drug-likeness (QED) is 0.0923. The van der Waals surface area contributed by atoms with Gasteiger partial charge in [0.05, 0.1) is 18.8 Å². The predicted molar refractivity (Wildman–Crippen MR) is 191 cm³/mol. The number of ether oxygens (including phenoxy) is 2. The number of rotatable bonds is 15. The number of carbonyl (C=O) groups is 2. The maximum atomic E-state index is 12.3. The second-order valence-corrected chi connectivity index (χ2v) is 14.0. The fraction of sp³-hybridized carbons (Fsp3) is 0.500. The summed E-state index contributed by atoms with van der Waals surface area (Å²) in [6, 6.07) is 25.2. The van der Waals surface area contributed by atoms with Gasteiger partial charge in [0.2, 0.25) is 11.8 Å². The number of hydroxylamine groups is 1. The molecular formula is C40H52N4O6. The largest absolute Gasteiger partial charge is 0.392 e. The third kappa shape index (κ3) is 9.99. The molecule has 3 aromatic rings. The van der Waals surface area contributed by atoms with Gasteiger partial charge in [-0.05, 0) is 92.0 Å². The number of hydrogen-bond donors (Lipinski definition) is 4. The molecule has 3 aliphatic rings. The summed E-state index contributed by atoms with van der Waals surface area (Å²) in [5, 5.41) is 21.1. The predicted octanol–water partition coefficient (Wildman–Crippen LogP) is 5.63. The number of aliphatic hydroxyl groups excluding tert-OH is 1. The Morgan fingerprint density at radius 2 is 1.52 bits per heavy atom. The van der Waals surface area contributed by atoms with E-state index in [9.17, 15) is 14.7 Å². The van der Waals surface area contributed by atoms with Gasteiger partial charge in [0.25, 0.3) is 0 Å². The molecule has 4 unspecified atom stereocenters. The van der Waals surface area contributed by atoms with Gasteiger partial charge in [0.1, 0.15) is 0 Å². The van der Waals surface area contributed by atoms with E-state index in [0.717, 1.165) is 59.4 Å². The summed E-state index contributed by atoms with van der Waals surface area (Å²) in [6.45, 7) is 6.05. The van der Waals surface area contributed by atoms with Gasteiger partial charge in [0.15, 0.2) is 6.29 Å². The molecule has 10 heteroatoms. The SMILES string of the molecule is O=C(CCCCC(=O)NCc1cccc(-c2ccc(C3OC(CN4CCCC4CN4CCCC4)CC(c4ccc(CO)cc4)O3)cc2)c1)NO. The van der Waals surface area contributed by atoms with Crippen LogP contribution in [0.1, 0.15) is 92.4 Å². The number of aliphatic hydroxyl groups is 1. The van der Waals surface area contributed by atoms with Crippen LogP contribution in [0.15, 0.2) is 72.8 Å². The van der Waals surface area contributed by atoms with Crippen molar-refractivity contribution in [2.75, 3.05) is 32.7 Å². The highest BCUT2D eigenvalue weighted by Crippen LogP contribution is 2.39. The monoisotopic (exact) mass is 684 g/mol. The standard InChI is InChI=1S/C40H52N4O6/c45-28-29-12-14-32(15-13-29)37-24-36(27-44-22-6-9-35(44)26-43-20-3-4-21-43)49-40(50-37)33-18-16-31(17-19-33)34-8-5-7-30(23-34)25-41-38(46)10-1-2-11-39(47)42-48/h5,7-8,12-19,23,35-37,40,45,48H,1-4,6,9-11,20-22,24-28H2,(H,41,46)(H,42,47). The van der Waals surface area contributed by atoms with Crippen LogP contribution in [0.5, 0.6) is 0 Å². The molecule has 50 heavy (non-hydrogen) atoms. The molecule has 3 aliphatic heterocycles. The van der Waals surface area contributed by atoms with E-state index >= 15 is 0 Å². The second kappa shape index (κ2) is 18.0. The Balaban J connectivity index is 1.10. The van der Waals surface area contributed by atoms with E-state index in [4.69, 9.17) is 14.7 Å². The lowest BCUT2D eigenvalue weighted by Gasteiger charge is -2.39. The first-order chi connectivity index (χ1) is 24.5. The minimum atomic E-state index is -0.496. The van der Waals surface area contributed by atoms with Gasteiger partial charge in [-0.2, -0.15) is 0 Å². The number of benzene rings is 3. The van der Waals surface area contributed by atoms with Crippen molar-refractivity contribution >= 4 is 11.8 Å². The van der Waals surface area contributed by atoms with Crippen LogP contribution >= 0.6 is 0 Å². The molecule has 268 valence electrons. The number of likely N-dealkylation sites (tertiary alicyclic amines) is 2. The Kier molecular flexibility index (Phi) is 13.0. The van der Waals surface area contributed by atoms with Crippen molar-refractivity contribution in [2.24, 2.45) is 0 Å². The normalized spacial score (nSPS) is 22.8. The Bertz CT molecular complexity index is 1530. The van der Waals surface area contributed by atoms with Crippen LogP contribution in [0, 0.1) is 0 Å². The molecule has 0 aliphatic carbocycles. The Hall–Kier alpha value is -3.64. The van der Waals surface area contributed by atoms with Gasteiger partial charge in [0, 0.05) is 50.5 Å². The van der Waals surface area contributed by atoms with Crippen LogP contribution in [0.25, 0.3) is 11.1 Å². The minimum absolute atomic E-state index is 0.0203. The number of carbonyl (C=O) groups excluding carboxylic acids is 2. The van der Waals surface area contributed by atoms with Gasteiger partial charge >= 0.3 is 0 Å². The molecule has 0 aromatic heterocycles. The van der Waals surface area contributed by atoms with E-state index < -0.39 is 12.2 Å². The summed E-state index contributed by atoms with van der Waals surface area (Å²) >= 11 is 0. The van der Waals surface area contributed by atoms with Crippen molar-refractivity contribution < 1.29 is 29.4 Å². The average Bonchev–Trinajstić information content (AvgIpc) is 3.85. The highest BCUT2D eigenvalue weighted by Gasteiger charge is 2.36. The van der Waals surface area contributed by atoms with Crippen molar-refractivity contribution in [1.29, 1.82) is 0 Å². The lowest BCUT2D eigenvalue weighted by atomic mass is 9.98. The maximum absolute atomic E-state index is 12.3. The lowest BCUT2D eigenvalue weighted by molar-refractivity contribution is -0.253. The summed E-state index contributed by atoms with van der Waals surface area (Å²) in [5.41, 5.74) is 7.70. The molecule has 3 aromatic carbocycles. The molecule has 0 bridgehead atoms. The Morgan fingerprint density at radius 3 is 2.26 bits per heavy atom. The molecule has 2 amide bonds. The zero-order valence-electron chi connectivity index (χ0n) is 29.0. The topological polar surface area (TPSA) is 124 Å². The second-order valence-electron chi connectivity index (χ2n) is 14.0. The third-order valence-electron chi connectivity index (χ3n) is 10.3. The van der Waals surface area contributed by atoms with Crippen molar-refractivity contribution in [3.63, 3.8) is 0 Å². The van der Waals surface area contributed by atoms with Crippen molar-refractivity contribution in [2.45, 2.75) is 95.5 Å². The molecule has 4 N–H and O–H groups in total. The molecule has 3 saturated heterocycles. The van der Waals surface area contributed by atoms with E-state index in [-0.39, 0.29) is 31.1 Å². The summed E-state index contributed by atoms with van der Waals surface area (Å²) < 4.78 is 13.4. The van der Waals surface area contributed by atoms with E-state index in [2.05, 4.69) is 63.6 Å². The van der Waals surface area contributed by atoms with E-state index in [1.807, 2.05) is 24.3 Å². The van der Waals surface area contributed by atoms with E-state index in [1.54, 1.807) is 5.48 Å². The molecule has 3 heterocycles. The van der Waals surface area contributed by atoms with E-state index in [0.29, 0.717) is 31.8 Å². The summed E-state index contributed by atoms with van der Waals surface area (Å²) in [5.74, 6) is -0.504. The van der Waals surface area contributed by atoms with Crippen LogP contribution in [0.4, 0.5) is 0 Å². The van der Waals surface area contributed by atoms with Crippen LogP contribution in [0.3, 0.4) is 0 Å². The minimum Gasteiger partial charge on any atom is -0.392 e. The van der Waals surface area contributed by atoms with Gasteiger partial charge in [-0.1, -0.05) is 66.7 Å². The molecule has 0 saturated carbocycles. The number of unbranched alkanes of at least 4 members (excludes halogenated alkanes) is 1. The fourth-order valence-corrected chi connectivity index (χ4v) is 7.51. The first-order valence-electron chi connectivity index (χ1n) is 18.3. The molecule has 6 rings (SSSR count). The number of nitrogens with one attached hydrogen (secondary N) is 2. The highest BCUT2D eigenvalue weighted by atomic mass is 16.7. The molecule has 10 nitrogen and oxygen atoms in total. The fourth-order valence-electron chi connectivity index (χ4n) is 7.51. The van der Waals surface area contributed by atoms with Gasteiger partial charge in [-0.3, -0.25) is 19.7 Å². The Labute approximate surface area is 295 Å². The van der Waals surface area contributed by atoms with Crippen molar-refractivity contribution in [1.82, 2.24) is 20.6 Å². The molecule has 0 radical (unpaired) electrons. The van der Waals surface area contributed by atoms with Crippen molar-refractivity contribution in [3.8, 4) is 11.1 Å². The van der Waals surface area contributed by atoms with Crippen LogP contribution in [-0.4, -0.2) is 76.8 Å². The first-order valence-corrected chi connectivity index (χ1v) is 18.3. The number of hydrogen-bond acceptors (Lipinski definition) is 8. The highest BCUT2D eigenvalue weighted by molar-refractivity contribution is 5.76. The summed E-state index contributed by atoms with van der Waals surface area (Å²) in [7, 11) is 0. The Morgan fingerprint density at radius 1 is 0.780 bits per heavy atom. The van der Waals surface area contributed by atoms with Gasteiger partial charge in [-0.25, -0.2) is 5.48 Å². The van der Waals surface area contributed by atoms with Crippen molar-refractivity contribution in [3.05, 3.63) is 95.1 Å². The third-order valence-corrected chi connectivity index (χ3v) is 10.3. The first kappa shape index (κ1) is 36.2. The van der Waals surface area contributed by atoms with Crippen LogP contribution < -0.4 is 10.8 Å². The molecule has 3 fully saturated rings. The van der Waals surface area contributed by atoms with Gasteiger partial charge in [-0.15, -0.1) is 0 Å². The maximum Gasteiger partial charge on any atom is 0.243 e. The zero-order chi connectivity index (χ0) is 34.7. The smallest absolute Gasteiger partial charge is 0.243 e. The molecular weight excluding hydrogens is 632 g/mol. The lowest BCUT2D eigenvalue weighted by Crippen LogP contribution is -2.45. The van der Waals surface area contributed by atoms with E-state index in [1.165, 1.54) is 38.8 Å². The average molecular weight is 685 g/mol. The summed E-state index contributed by atoms with van der Waals surface area (Å²) in [4.78, 5) is 28.7. The summed E-state index contributed by atoms with van der Waals surface area (Å²) in [6.07, 6.45) is 6.96. The number of amides is 2. The number of nitrogens with zero attached hydrogens (tertiary/aromatic N) is 2. The molecule has 0 spiro atoms. The van der Waals surface area contributed by atoms with Crippen LogP contribution in [-0.2, 0) is 32.2 Å². The van der Waals surface area contributed by atoms with Crippen LogP contribution in [0.2, 0.25) is 0 Å².